The fourth-order valence-electron chi connectivity index (χ4n) is 3.11. The average molecular weight is 401 g/mol. The lowest BCUT2D eigenvalue weighted by molar-refractivity contribution is -0.133. The number of rotatable bonds is 4. The molecule has 0 unspecified atom stereocenters. The molecule has 0 aliphatic carbocycles. The summed E-state index contributed by atoms with van der Waals surface area (Å²) in [4.78, 5) is 28.7. The SMILES string of the molecule is O=C(Cn1cnnn1)N1CCN(C(=O)c2cn[nH]c2-c2ccc(Cl)cc2)CC1. The van der Waals surface area contributed by atoms with Gasteiger partial charge in [0.2, 0.25) is 5.91 Å². The van der Waals surface area contributed by atoms with Crippen molar-refractivity contribution in [3.8, 4) is 11.3 Å². The quantitative estimate of drug-likeness (QED) is 0.689. The summed E-state index contributed by atoms with van der Waals surface area (Å²) in [5.74, 6) is -0.198. The Balaban J connectivity index is 1.40. The maximum absolute atomic E-state index is 13.0. The van der Waals surface area contributed by atoms with Crippen molar-refractivity contribution in [2.75, 3.05) is 26.2 Å². The van der Waals surface area contributed by atoms with E-state index in [0.717, 1.165) is 5.56 Å². The topological polar surface area (TPSA) is 113 Å². The normalized spacial score (nSPS) is 14.3. The number of carbonyl (C=O) groups is 2. The van der Waals surface area contributed by atoms with Gasteiger partial charge in [-0.05, 0) is 22.6 Å². The first kappa shape index (κ1) is 18.1. The van der Waals surface area contributed by atoms with Crippen molar-refractivity contribution in [3.63, 3.8) is 0 Å². The molecule has 1 aliphatic rings. The molecule has 0 bridgehead atoms. The van der Waals surface area contributed by atoms with Gasteiger partial charge in [0.05, 0.1) is 17.5 Å². The molecule has 0 saturated carbocycles. The molecule has 3 aromatic rings. The van der Waals surface area contributed by atoms with E-state index in [1.165, 1.54) is 17.2 Å². The van der Waals surface area contributed by atoms with Crippen LogP contribution in [0.25, 0.3) is 11.3 Å². The smallest absolute Gasteiger partial charge is 0.257 e. The number of nitrogens with one attached hydrogen (secondary N) is 1. The number of aromatic nitrogens is 6. The molecule has 1 fully saturated rings. The highest BCUT2D eigenvalue weighted by Gasteiger charge is 2.27. The van der Waals surface area contributed by atoms with Crippen molar-refractivity contribution in [2.45, 2.75) is 6.54 Å². The highest BCUT2D eigenvalue weighted by Crippen LogP contribution is 2.24. The number of tetrazole rings is 1. The van der Waals surface area contributed by atoms with E-state index < -0.39 is 0 Å². The largest absolute Gasteiger partial charge is 0.338 e. The van der Waals surface area contributed by atoms with Crippen molar-refractivity contribution in [1.29, 1.82) is 0 Å². The molecule has 1 aliphatic heterocycles. The van der Waals surface area contributed by atoms with Crippen molar-refractivity contribution in [2.24, 2.45) is 0 Å². The number of H-pyrrole nitrogens is 1. The van der Waals surface area contributed by atoms with Crippen LogP contribution in [-0.4, -0.2) is 78.2 Å². The van der Waals surface area contributed by atoms with Crippen LogP contribution in [0.1, 0.15) is 10.4 Å². The number of hydrogen-bond acceptors (Lipinski definition) is 6. The van der Waals surface area contributed by atoms with E-state index in [1.807, 2.05) is 12.1 Å². The molecule has 10 nitrogen and oxygen atoms in total. The van der Waals surface area contributed by atoms with Gasteiger partial charge in [0.25, 0.3) is 5.91 Å². The molecule has 0 spiro atoms. The molecule has 11 heteroatoms. The van der Waals surface area contributed by atoms with Gasteiger partial charge in [-0.15, -0.1) is 5.10 Å². The summed E-state index contributed by atoms with van der Waals surface area (Å²) in [7, 11) is 0. The van der Waals surface area contributed by atoms with Crippen molar-refractivity contribution < 1.29 is 9.59 Å². The molecule has 0 radical (unpaired) electrons. The predicted octanol–water partition coefficient (Wildman–Crippen LogP) is 0.701. The zero-order valence-electron chi connectivity index (χ0n) is 14.8. The zero-order valence-corrected chi connectivity index (χ0v) is 15.6. The second kappa shape index (κ2) is 7.77. The first-order valence-corrected chi connectivity index (χ1v) is 9.07. The Labute approximate surface area is 165 Å². The third-order valence-electron chi connectivity index (χ3n) is 4.61. The summed E-state index contributed by atoms with van der Waals surface area (Å²) < 4.78 is 1.38. The average Bonchev–Trinajstić information content (AvgIpc) is 3.40. The van der Waals surface area contributed by atoms with Crippen LogP contribution in [0.15, 0.2) is 36.8 Å². The van der Waals surface area contributed by atoms with Gasteiger partial charge >= 0.3 is 0 Å². The summed E-state index contributed by atoms with van der Waals surface area (Å²) in [6, 6.07) is 7.20. The van der Waals surface area contributed by atoms with Crippen LogP contribution < -0.4 is 0 Å². The second-order valence-electron chi connectivity index (χ2n) is 6.35. The molecule has 2 amide bonds. The van der Waals surface area contributed by atoms with Gasteiger partial charge in [-0.2, -0.15) is 5.10 Å². The van der Waals surface area contributed by atoms with E-state index in [4.69, 9.17) is 11.6 Å². The molecule has 4 rings (SSSR count). The minimum absolute atomic E-state index is 0.0791. The summed E-state index contributed by atoms with van der Waals surface area (Å²) >= 11 is 5.94. The lowest BCUT2D eigenvalue weighted by Crippen LogP contribution is -2.51. The predicted molar refractivity (Wildman–Crippen MR) is 99.3 cm³/mol. The van der Waals surface area contributed by atoms with Gasteiger partial charge in [-0.25, -0.2) is 4.68 Å². The Morgan fingerprint density at radius 2 is 1.79 bits per heavy atom. The Morgan fingerprint density at radius 3 is 2.46 bits per heavy atom. The number of carbonyl (C=O) groups excluding carboxylic acids is 2. The summed E-state index contributed by atoms with van der Waals surface area (Å²) in [5.41, 5.74) is 1.98. The fourth-order valence-corrected chi connectivity index (χ4v) is 3.23. The van der Waals surface area contributed by atoms with Crippen molar-refractivity contribution in [3.05, 3.63) is 47.4 Å². The minimum Gasteiger partial charge on any atom is -0.338 e. The van der Waals surface area contributed by atoms with E-state index >= 15 is 0 Å². The van der Waals surface area contributed by atoms with Crippen LogP contribution in [0.5, 0.6) is 0 Å². The van der Waals surface area contributed by atoms with Crippen molar-refractivity contribution >= 4 is 23.4 Å². The number of halogens is 1. The Hall–Kier alpha value is -3.27. The molecular weight excluding hydrogens is 384 g/mol. The summed E-state index contributed by atoms with van der Waals surface area (Å²) in [6.07, 6.45) is 2.93. The summed E-state index contributed by atoms with van der Waals surface area (Å²) in [5, 5.41) is 18.3. The third-order valence-corrected chi connectivity index (χ3v) is 4.86. The maximum Gasteiger partial charge on any atom is 0.257 e. The Kier molecular flexibility index (Phi) is 5.02. The fraction of sp³-hybridized carbons (Fsp3) is 0.294. The molecular formula is C17H17ClN8O2. The lowest BCUT2D eigenvalue weighted by Gasteiger charge is -2.34. The number of hydrogen-bond donors (Lipinski definition) is 1. The van der Waals surface area contributed by atoms with Crippen molar-refractivity contribution in [1.82, 2.24) is 40.2 Å². The first-order valence-electron chi connectivity index (χ1n) is 8.69. The van der Waals surface area contributed by atoms with Crippen LogP contribution in [0.2, 0.25) is 5.02 Å². The molecule has 2 aromatic heterocycles. The van der Waals surface area contributed by atoms with E-state index in [-0.39, 0.29) is 18.4 Å². The highest BCUT2D eigenvalue weighted by atomic mass is 35.5. The van der Waals surface area contributed by atoms with Crippen LogP contribution >= 0.6 is 11.6 Å². The third kappa shape index (κ3) is 3.72. The number of piperazine rings is 1. The van der Waals surface area contributed by atoms with Crippen LogP contribution in [0, 0.1) is 0 Å². The van der Waals surface area contributed by atoms with Gasteiger partial charge in [0, 0.05) is 36.8 Å². The minimum atomic E-state index is -0.119. The first-order chi connectivity index (χ1) is 13.6. The van der Waals surface area contributed by atoms with Gasteiger partial charge in [-0.1, -0.05) is 23.7 Å². The van der Waals surface area contributed by atoms with Gasteiger partial charge < -0.3 is 9.80 Å². The zero-order chi connectivity index (χ0) is 19.5. The number of amides is 2. The van der Waals surface area contributed by atoms with E-state index in [1.54, 1.807) is 21.9 Å². The molecule has 28 heavy (non-hydrogen) atoms. The Bertz CT molecular complexity index is 961. The molecule has 1 N–H and O–H groups in total. The van der Waals surface area contributed by atoms with Gasteiger partial charge in [0.15, 0.2) is 0 Å². The monoisotopic (exact) mass is 400 g/mol. The molecule has 0 atom stereocenters. The Morgan fingerprint density at radius 1 is 1.07 bits per heavy atom. The van der Waals surface area contributed by atoms with Gasteiger partial charge in [0.1, 0.15) is 12.9 Å². The lowest BCUT2D eigenvalue weighted by atomic mass is 10.1. The molecule has 3 heterocycles. The second-order valence-corrected chi connectivity index (χ2v) is 6.78. The van der Waals surface area contributed by atoms with E-state index in [9.17, 15) is 9.59 Å². The number of benzene rings is 1. The number of aromatic amines is 1. The standard InChI is InChI=1S/C17H17ClN8O2/c18-13-3-1-12(2-4-13)16-14(9-19-21-16)17(28)25-7-5-24(6-8-25)15(27)10-26-11-20-22-23-26/h1-4,9,11H,5-8,10H2,(H,19,21). The summed E-state index contributed by atoms with van der Waals surface area (Å²) in [6.45, 7) is 1.90. The molecule has 1 saturated heterocycles. The molecule has 144 valence electrons. The van der Waals surface area contributed by atoms with E-state index in [2.05, 4.69) is 25.7 Å². The number of nitrogens with zero attached hydrogens (tertiary/aromatic N) is 7. The molecule has 1 aromatic carbocycles. The van der Waals surface area contributed by atoms with Crippen LogP contribution in [0.3, 0.4) is 0 Å². The highest BCUT2D eigenvalue weighted by molar-refractivity contribution is 6.30. The van der Waals surface area contributed by atoms with E-state index in [0.29, 0.717) is 42.5 Å². The van der Waals surface area contributed by atoms with Crippen LogP contribution in [-0.2, 0) is 11.3 Å². The van der Waals surface area contributed by atoms with Gasteiger partial charge in [-0.3, -0.25) is 14.7 Å². The maximum atomic E-state index is 13.0. The van der Waals surface area contributed by atoms with Crippen LogP contribution in [0.4, 0.5) is 0 Å².